The summed E-state index contributed by atoms with van der Waals surface area (Å²) in [5.74, 6) is 0.864. The number of hydrogen-bond acceptors (Lipinski definition) is 5. The Bertz CT molecular complexity index is 575. The van der Waals surface area contributed by atoms with Gasteiger partial charge in [-0.15, -0.1) is 0 Å². The van der Waals surface area contributed by atoms with Crippen molar-refractivity contribution in [2.24, 2.45) is 0 Å². The number of fused-ring (bicyclic) bond motifs is 1. The Hall–Kier alpha value is -1.66. The number of aromatic nitrogens is 3. The molecule has 1 saturated heterocycles. The first kappa shape index (κ1) is 12.4. The molecule has 6 nitrogen and oxygen atoms in total. The van der Waals surface area contributed by atoms with E-state index in [1.54, 1.807) is 4.52 Å². The summed E-state index contributed by atoms with van der Waals surface area (Å²) >= 11 is 0. The molecular formula is C13H18N4O2. The smallest absolute Gasteiger partial charge is 0.157 e. The van der Waals surface area contributed by atoms with E-state index in [1.807, 2.05) is 19.1 Å². The lowest BCUT2D eigenvalue weighted by Crippen LogP contribution is -2.47. The van der Waals surface area contributed by atoms with E-state index in [0.717, 1.165) is 29.9 Å². The van der Waals surface area contributed by atoms with Crippen LogP contribution >= 0.6 is 0 Å². The topological polar surface area (TPSA) is 71.7 Å². The van der Waals surface area contributed by atoms with Gasteiger partial charge in [0.15, 0.2) is 5.65 Å². The average Bonchev–Trinajstić information content (AvgIpc) is 2.88. The van der Waals surface area contributed by atoms with Crippen LogP contribution in [0.25, 0.3) is 5.65 Å². The van der Waals surface area contributed by atoms with Crippen molar-refractivity contribution in [1.82, 2.24) is 14.6 Å². The van der Waals surface area contributed by atoms with Crippen LogP contribution in [0.15, 0.2) is 18.5 Å². The zero-order valence-electron chi connectivity index (χ0n) is 11.0. The highest BCUT2D eigenvalue weighted by molar-refractivity contribution is 5.52. The first-order valence-electron chi connectivity index (χ1n) is 6.50. The van der Waals surface area contributed by atoms with E-state index >= 15 is 0 Å². The first-order chi connectivity index (χ1) is 9.22. The number of rotatable bonds is 3. The Morgan fingerprint density at radius 1 is 1.42 bits per heavy atom. The summed E-state index contributed by atoms with van der Waals surface area (Å²) in [7, 11) is 0. The van der Waals surface area contributed by atoms with Gasteiger partial charge in [0.1, 0.15) is 12.1 Å². The quantitative estimate of drug-likeness (QED) is 0.863. The summed E-state index contributed by atoms with van der Waals surface area (Å²) in [5, 5.41) is 17.4. The van der Waals surface area contributed by atoms with Gasteiger partial charge in [0, 0.05) is 13.2 Å². The number of aryl methyl sites for hydroxylation is 1. The maximum Gasteiger partial charge on any atom is 0.157 e. The lowest BCUT2D eigenvalue weighted by Gasteiger charge is -2.37. The molecule has 2 aromatic heterocycles. The predicted molar refractivity (Wildman–Crippen MR) is 71.2 cm³/mol. The number of hydrogen-bond donors (Lipinski definition) is 2. The zero-order valence-corrected chi connectivity index (χ0v) is 11.0. The van der Waals surface area contributed by atoms with Gasteiger partial charge in [-0.2, -0.15) is 9.61 Å². The van der Waals surface area contributed by atoms with Gasteiger partial charge >= 0.3 is 0 Å². The predicted octanol–water partition coefficient (Wildman–Crippen LogP) is 0.991. The number of aliphatic hydroxyl groups is 1. The van der Waals surface area contributed by atoms with Crippen molar-refractivity contribution in [2.45, 2.75) is 25.3 Å². The van der Waals surface area contributed by atoms with Crippen molar-refractivity contribution in [3.63, 3.8) is 0 Å². The average molecular weight is 262 g/mol. The molecule has 102 valence electrons. The van der Waals surface area contributed by atoms with Crippen LogP contribution in [-0.4, -0.2) is 45.1 Å². The van der Waals surface area contributed by atoms with Crippen LogP contribution in [0, 0.1) is 6.92 Å². The fourth-order valence-electron chi connectivity index (χ4n) is 2.50. The van der Waals surface area contributed by atoms with Crippen LogP contribution < -0.4 is 5.32 Å². The Morgan fingerprint density at radius 2 is 2.21 bits per heavy atom. The molecule has 0 radical (unpaired) electrons. The van der Waals surface area contributed by atoms with Crippen LogP contribution in [0.4, 0.5) is 5.82 Å². The van der Waals surface area contributed by atoms with Crippen LogP contribution in [0.3, 0.4) is 0 Å². The molecule has 2 aromatic rings. The summed E-state index contributed by atoms with van der Waals surface area (Å²) in [4.78, 5) is 4.21. The molecule has 0 saturated carbocycles. The maximum absolute atomic E-state index is 9.73. The monoisotopic (exact) mass is 262 g/mol. The van der Waals surface area contributed by atoms with Crippen LogP contribution in [0.1, 0.15) is 18.4 Å². The minimum Gasteiger partial charge on any atom is -0.394 e. The normalized spacial score (nSPS) is 18.6. The van der Waals surface area contributed by atoms with Crippen molar-refractivity contribution in [1.29, 1.82) is 0 Å². The van der Waals surface area contributed by atoms with E-state index in [1.165, 1.54) is 6.33 Å². The van der Waals surface area contributed by atoms with Crippen LogP contribution in [-0.2, 0) is 4.74 Å². The molecule has 0 aromatic carbocycles. The van der Waals surface area contributed by atoms with E-state index < -0.39 is 0 Å². The number of aliphatic hydroxyl groups excluding tert-OH is 1. The van der Waals surface area contributed by atoms with Crippen LogP contribution in [0.2, 0.25) is 0 Å². The fourth-order valence-corrected chi connectivity index (χ4v) is 2.50. The Labute approximate surface area is 111 Å². The fraction of sp³-hybridized carbons (Fsp3) is 0.538. The second kappa shape index (κ2) is 4.79. The van der Waals surface area contributed by atoms with Gasteiger partial charge in [-0.05, 0) is 37.5 Å². The van der Waals surface area contributed by atoms with E-state index in [9.17, 15) is 5.11 Å². The van der Waals surface area contributed by atoms with Gasteiger partial charge in [0.25, 0.3) is 0 Å². The van der Waals surface area contributed by atoms with E-state index in [4.69, 9.17) is 4.74 Å². The second-order valence-electron chi connectivity index (χ2n) is 5.12. The van der Waals surface area contributed by atoms with Gasteiger partial charge in [-0.25, -0.2) is 4.98 Å². The van der Waals surface area contributed by atoms with Gasteiger partial charge in [0.05, 0.1) is 12.1 Å². The van der Waals surface area contributed by atoms with Crippen LogP contribution in [0.5, 0.6) is 0 Å². The molecule has 0 atom stereocenters. The molecule has 0 aliphatic carbocycles. The largest absolute Gasteiger partial charge is 0.394 e. The Morgan fingerprint density at radius 3 is 2.95 bits per heavy atom. The van der Waals surface area contributed by atoms with E-state index in [0.29, 0.717) is 13.2 Å². The summed E-state index contributed by atoms with van der Waals surface area (Å²) in [6.45, 7) is 3.44. The third-order valence-electron chi connectivity index (χ3n) is 3.67. The molecule has 1 aliphatic rings. The summed E-state index contributed by atoms with van der Waals surface area (Å²) in [6, 6.07) is 4.00. The number of nitrogens with zero attached hydrogens (tertiary/aromatic N) is 3. The molecule has 19 heavy (non-hydrogen) atoms. The summed E-state index contributed by atoms with van der Waals surface area (Å²) in [5.41, 5.74) is 1.59. The van der Waals surface area contributed by atoms with Gasteiger partial charge in [-0.1, -0.05) is 0 Å². The molecule has 0 spiro atoms. The number of ether oxygens (including phenoxy) is 1. The SMILES string of the molecule is Cc1cc(NC2(CO)CCOCC2)n2ncnc2c1. The molecule has 1 aliphatic heterocycles. The molecule has 6 heteroatoms. The lowest BCUT2D eigenvalue weighted by atomic mass is 9.91. The first-order valence-corrected chi connectivity index (χ1v) is 6.50. The van der Waals surface area contributed by atoms with Crippen molar-refractivity contribution in [3.05, 3.63) is 24.0 Å². The van der Waals surface area contributed by atoms with Crippen molar-refractivity contribution in [2.75, 3.05) is 25.1 Å². The summed E-state index contributed by atoms with van der Waals surface area (Å²) in [6.07, 6.45) is 3.11. The number of anilines is 1. The minimum atomic E-state index is -0.328. The lowest BCUT2D eigenvalue weighted by molar-refractivity contribution is 0.0378. The third kappa shape index (κ3) is 2.29. The van der Waals surface area contributed by atoms with E-state index in [2.05, 4.69) is 15.4 Å². The molecule has 0 bridgehead atoms. The molecule has 2 N–H and O–H groups in total. The zero-order chi connectivity index (χ0) is 13.3. The Kier molecular flexibility index (Phi) is 3.12. The molecule has 3 rings (SSSR count). The third-order valence-corrected chi connectivity index (χ3v) is 3.67. The van der Waals surface area contributed by atoms with Crippen molar-refractivity contribution < 1.29 is 9.84 Å². The maximum atomic E-state index is 9.73. The summed E-state index contributed by atoms with van der Waals surface area (Å²) < 4.78 is 7.14. The van der Waals surface area contributed by atoms with Gasteiger partial charge in [0.2, 0.25) is 0 Å². The van der Waals surface area contributed by atoms with E-state index in [-0.39, 0.29) is 12.1 Å². The molecule has 0 unspecified atom stereocenters. The molecule has 0 amide bonds. The molecule has 3 heterocycles. The highest BCUT2D eigenvalue weighted by Gasteiger charge is 2.32. The van der Waals surface area contributed by atoms with Crippen molar-refractivity contribution in [3.8, 4) is 0 Å². The second-order valence-corrected chi connectivity index (χ2v) is 5.12. The number of nitrogens with one attached hydrogen (secondary N) is 1. The molecule has 1 fully saturated rings. The van der Waals surface area contributed by atoms with Crippen molar-refractivity contribution >= 4 is 11.5 Å². The molecular weight excluding hydrogens is 244 g/mol. The minimum absolute atomic E-state index is 0.0838. The van der Waals surface area contributed by atoms with Gasteiger partial charge < -0.3 is 15.2 Å². The highest BCUT2D eigenvalue weighted by Crippen LogP contribution is 2.26. The standard InChI is InChI=1S/C13H18N4O2/c1-10-6-11-14-9-15-17(11)12(7-10)16-13(8-18)2-4-19-5-3-13/h6-7,9,16,18H,2-5,8H2,1H3. The van der Waals surface area contributed by atoms with Gasteiger partial charge in [-0.3, -0.25) is 0 Å². The number of pyridine rings is 1. The highest BCUT2D eigenvalue weighted by atomic mass is 16.5. The Balaban J connectivity index is 1.97.